The highest BCUT2D eigenvalue weighted by Gasteiger charge is 2.18. The summed E-state index contributed by atoms with van der Waals surface area (Å²) in [6.45, 7) is 2.50. The highest BCUT2D eigenvalue weighted by molar-refractivity contribution is 7.09. The van der Waals surface area contributed by atoms with Crippen molar-refractivity contribution in [1.82, 2.24) is 20.1 Å². The molecule has 3 N–H and O–H groups in total. The van der Waals surface area contributed by atoms with Gasteiger partial charge in [-0.15, -0.1) is 11.3 Å². The highest BCUT2D eigenvalue weighted by Crippen LogP contribution is 2.16. The Morgan fingerprint density at radius 3 is 2.95 bits per heavy atom. The Labute approximate surface area is 115 Å². The molecule has 0 spiro atoms. The molecule has 2 rings (SSSR count). The molecule has 7 heteroatoms. The number of nitrogen functional groups attached to an aromatic ring is 1. The van der Waals surface area contributed by atoms with E-state index in [2.05, 4.69) is 15.4 Å². The smallest absolute Gasteiger partial charge is 0.271 e. The van der Waals surface area contributed by atoms with E-state index in [0.717, 1.165) is 17.1 Å². The van der Waals surface area contributed by atoms with Gasteiger partial charge in [0.2, 0.25) is 0 Å². The maximum Gasteiger partial charge on any atom is 0.271 e. The monoisotopic (exact) mass is 279 g/mol. The van der Waals surface area contributed by atoms with Crippen LogP contribution in [0.15, 0.2) is 11.6 Å². The van der Waals surface area contributed by atoms with Crippen LogP contribution < -0.4 is 11.1 Å². The van der Waals surface area contributed by atoms with Gasteiger partial charge in [0.25, 0.3) is 5.91 Å². The van der Waals surface area contributed by atoms with Crippen molar-refractivity contribution in [2.24, 2.45) is 7.05 Å². The molecule has 19 heavy (non-hydrogen) atoms. The average molecular weight is 279 g/mol. The number of rotatable bonds is 5. The van der Waals surface area contributed by atoms with Gasteiger partial charge in [-0.25, -0.2) is 4.98 Å². The van der Waals surface area contributed by atoms with Gasteiger partial charge < -0.3 is 11.1 Å². The Morgan fingerprint density at radius 1 is 1.58 bits per heavy atom. The molecule has 0 aliphatic carbocycles. The van der Waals surface area contributed by atoms with E-state index < -0.39 is 0 Å². The number of hydrogen-bond donors (Lipinski definition) is 2. The van der Waals surface area contributed by atoms with Gasteiger partial charge >= 0.3 is 0 Å². The summed E-state index contributed by atoms with van der Waals surface area (Å²) in [6.07, 6.45) is 3.20. The van der Waals surface area contributed by atoms with E-state index in [9.17, 15) is 4.79 Å². The molecule has 0 unspecified atom stereocenters. The summed E-state index contributed by atoms with van der Waals surface area (Å²) in [4.78, 5) is 16.2. The average Bonchev–Trinajstić information content (AvgIpc) is 2.97. The largest absolute Gasteiger partial charge is 0.395 e. The van der Waals surface area contributed by atoms with E-state index in [1.807, 2.05) is 12.3 Å². The minimum absolute atomic E-state index is 0.191. The van der Waals surface area contributed by atoms with E-state index in [-0.39, 0.29) is 5.91 Å². The van der Waals surface area contributed by atoms with Crippen LogP contribution in [0.1, 0.15) is 28.1 Å². The molecule has 2 heterocycles. The molecule has 6 nitrogen and oxygen atoms in total. The van der Waals surface area contributed by atoms with Gasteiger partial charge in [0, 0.05) is 31.6 Å². The molecule has 0 bridgehead atoms. The van der Waals surface area contributed by atoms with E-state index in [4.69, 9.17) is 5.73 Å². The van der Waals surface area contributed by atoms with Crippen LogP contribution >= 0.6 is 11.3 Å². The van der Waals surface area contributed by atoms with Crippen LogP contribution in [0.4, 0.5) is 5.69 Å². The molecule has 0 saturated heterocycles. The zero-order chi connectivity index (χ0) is 13.8. The molecule has 0 radical (unpaired) electrons. The lowest BCUT2D eigenvalue weighted by Gasteiger charge is -2.05. The number of aromatic nitrogens is 3. The fourth-order valence-corrected chi connectivity index (χ4v) is 2.49. The summed E-state index contributed by atoms with van der Waals surface area (Å²) in [6, 6.07) is 0. The third-order valence-electron chi connectivity index (χ3n) is 2.82. The number of amides is 1. The van der Waals surface area contributed by atoms with Crippen LogP contribution in [0.3, 0.4) is 0 Å². The normalized spacial score (nSPS) is 10.6. The van der Waals surface area contributed by atoms with Crippen molar-refractivity contribution in [3.05, 3.63) is 28.0 Å². The van der Waals surface area contributed by atoms with E-state index in [1.165, 1.54) is 4.68 Å². The maximum absolute atomic E-state index is 12.1. The lowest BCUT2D eigenvalue weighted by atomic mass is 10.2. The lowest BCUT2D eigenvalue weighted by molar-refractivity contribution is 0.0945. The van der Waals surface area contributed by atoms with Gasteiger partial charge in [-0.3, -0.25) is 9.48 Å². The fraction of sp³-hybridized carbons (Fsp3) is 0.417. The Balaban J connectivity index is 1.98. The minimum Gasteiger partial charge on any atom is -0.395 e. The van der Waals surface area contributed by atoms with Gasteiger partial charge in [0.05, 0.1) is 16.4 Å². The quantitative estimate of drug-likeness (QED) is 0.854. The molecule has 102 valence electrons. The number of nitrogens with zero attached hydrogens (tertiary/aromatic N) is 3. The van der Waals surface area contributed by atoms with Crippen molar-refractivity contribution in [1.29, 1.82) is 0 Å². The number of carbonyl (C=O) groups is 1. The second-order valence-electron chi connectivity index (χ2n) is 4.12. The summed E-state index contributed by atoms with van der Waals surface area (Å²) in [7, 11) is 1.73. The van der Waals surface area contributed by atoms with Crippen molar-refractivity contribution in [2.45, 2.75) is 19.8 Å². The summed E-state index contributed by atoms with van der Waals surface area (Å²) in [5.74, 6) is -0.191. The zero-order valence-electron chi connectivity index (χ0n) is 11.0. The first-order valence-electron chi connectivity index (χ1n) is 6.11. The molecular formula is C12H17N5OS. The van der Waals surface area contributed by atoms with Crippen LogP contribution in [0.25, 0.3) is 0 Å². The summed E-state index contributed by atoms with van der Waals surface area (Å²) >= 11 is 1.58. The number of anilines is 1. The summed E-state index contributed by atoms with van der Waals surface area (Å²) in [5, 5.41) is 10.00. The van der Waals surface area contributed by atoms with Crippen LogP contribution in [0.5, 0.6) is 0 Å². The van der Waals surface area contributed by atoms with Crippen LogP contribution in [0.2, 0.25) is 0 Å². The Kier molecular flexibility index (Phi) is 4.16. The third kappa shape index (κ3) is 2.93. The molecule has 2 aromatic heterocycles. The van der Waals surface area contributed by atoms with Crippen molar-refractivity contribution in [2.75, 3.05) is 12.3 Å². The number of thiazole rings is 1. The molecule has 0 aliphatic heterocycles. The van der Waals surface area contributed by atoms with Gasteiger partial charge in [-0.05, 0) is 6.42 Å². The number of nitrogens with one attached hydrogen (secondary N) is 1. The van der Waals surface area contributed by atoms with Crippen molar-refractivity contribution < 1.29 is 4.79 Å². The van der Waals surface area contributed by atoms with Crippen molar-refractivity contribution in [3.63, 3.8) is 0 Å². The Bertz CT molecular complexity index is 561. The molecule has 0 aromatic carbocycles. The third-order valence-corrected chi connectivity index (χ3v) is 3.66. The number of carbonyl (C=O) groups excluding carboxylic acids is 1. The summed E-state index contributed by atoms with van der Waals surface area (Å²) in [5.41, 5.74) is 7.58. The van der Waals surface area contributed by atoms with Crippen LogP contribution in [-0.4, -0.2) is 27.2 Å². The maximum atomic E-state index is 12.1. The van der Waals surface area contributed by atoms with E-state index in [1.54, 1.807) is 24.6 Å². The topological polar surface area (TPSA) is 85.8 Å². The summed E-state index contributed by atoms with van der Waals surface area (Å²) < 4.78 is 1.53. The van der Waals surface area contributed by atoms with Crippen molar-refractivity contribution >= 4 is 22.9 Å². The Hall–Kier alpha value is -1.89. The zero-order valence-corrected chi connectivity index (χ0v) is 11.8. The minimum atomic E-state index is -0.191. The van der Waals surface area contributed by atoms with Gasteiger partial charge in [0.15, 0.2) is 0 Å². The molecular weight excluding hydrogens is 262 g/mol. The van der Waals surface area contributed by atoms with Gasteiger partial charge in [0.1, 0.15) is 5.69 Å². The van der Waals surface area contributed by atoms with Gasteiger partial charge in [-0.2, -0.15) is 5.10 Å². The molecule has 0 saturated carbocycles. The second kappa shape index (κ2) is 5.83. The number of nitrogens with two attached hydrogens (primary N) is 1. The second-order valence-corrected chi connectivity index (χ2v) is 5.10. The fourth-order valence-electron chi connectivity index (χ4n) is 1.87. The Morgan fingerprint density at radius 2 is 2.37 bits per heavy atom. The first-order valence-corrected chi connectivity index (χ1v) is 6.99. The van der Waals surface area contributed by atoms with Crippen LogP contribution in [0, 0.1) is 0 Å². The van der Waals surface area contributed by atoms with E-state index >= 15 is 0 Å². The van der Waals surface area contributed by atoms with Gasteiger partial charge in [-0.1, -0.05) is 6.92 Å². The van der Waals surface area contributed by atoms with Crippen molar-refractivity contribution in [3.8, 4) is 0 Å². The first kappa shape index (κ1) is 13.5. The predicted octanol–water partition coefficient (Wildman–Crippen LogP) is 0.994. The number of hydrogen-bond acceptors (Lipinski definition) is 5. The predicted molar refractivity (Wildman–Crippen MR) is 75.1 cm³/mol. The molecule has 0 aliphatic rings. The molecule has 2 aromatic rings. The van der Waals surface area contributed by atoms with Crippen LogP contribution in [-0.2, 0) is 19.9 Å². The molecule has 0 atom stereocenters. The first-order chi connectivity index (χ1) is 9.13. The lowest BCUT2D eigenvalue weighted by Crippen LogP contribution is -2.28. The standard InChI is InChI=1S/C12H17N5OS/c1-3-8-10(13)11(17(2)16-8)12(18)15-5-4-9-14-6-7-19-9/h6-7H,3-5,13H2,1-2H3,(H,15,18). The molecule has 0 fully saturated rings. The number of aryl methyl sites for hydroxylation is 2. The highest BCUT2D eigenvalue weighted by atomic mass is 32.1. The molecule has 1 amide bonds. The van der Waals surface area contributed by atoms with E-state index in [0.29, 0.717) is 24.3 Å². The SMILES string of the molecule is CCc1nn(C)c(C(=O)NCCc2nccs2)c1N.